The summed E-state index contributed by atoms with van der Waals surface area (Å²) in [7, 11) is 3.13. The maximum absolute atomic E-state index is 12.3. The highest BCUT2D eigenvalue weighted by Crippen LogP contribution is 2.41. The van der Waals surface area contributed by atoms with E-state index < -0.39 is 0 Å². The molecule has 1 aliphatic heterocycles. The Morgan fingerprint density at radius 2 is 1.61 bits per heavy atom. The number of carbonyl (C=O) groups excluding carboxylic acids is 3. The van der Waals surface area contributed by atoms with Gasteiger partial charge in [-0.2, -0.15) is 0 Å². The fourth-order valence-electron chi connectivity index (χ4n) is 4.27. The molecule has 0 spiro atoms. The minimum atomic E-state index is -0.329. The summed E-state index contributed by atoms with van der Waals surface area (Å²) >= 11 is 0. The van der Waals surface area contributed by atoms with E-state index in [9.17, 15) is 14.4 Å². The van der Waals surface area contributed by atoms with Gasteiger partial charge in [-0.3, -0.25) is 4.79 Å². The number of rotatable bonds is 16. The van der Waals surface area contributed by atoms with Crippen LogP contribution in [0.2, 0.25) is 0 Å². The van der Waals surface area contributed by atoms with Gasteiger partial charge in [0.1, 0.15) is 35.1 Å². The first kappa shape index (κ1) is 26.7. The van der Waals surface area contributed by atoms with Crippen molar-refractivity contribution in [2.24, 2.45) is 0 Å². The Balaban J connectivity index is 1.64. The van der Waals surface area contributed by atoms with Gasteiger partial charge < -0.3 is 23.7 Å². The van der Waals surface area contributed by atoms with Crippen LogP contribution in [0.15, 0.2) is 12.1 Å². The van der Waals surface area contributed by atoms with E-state index in [1.807, 2.05) is 6.07 Å². The van der Waals surface area contributed by atoms with Crippen molar-refractivity contribution in [1.29, 1.82) is 0 Å². The molecule has 0 radical (unpaired) electrons. The molecule has 0 aliphatic carbocycles. The quantitative estimate of drug-likeness (QED) is 0.229. The molecule has 2 atom stereocenters. The average molecular weight is 463 g/mol. The normalized spacial score (nSPS) is 15.5. The molecule has 0 amide bonds. The number of methoxy groups -OCH3 is 2. The predicted molar refractivity (Wildman–Crippen MR) is 125 cm³/mol. The Kier molecular flexibility index (Phi) is 11.2. The molecule has 1 aliphatic rings. The fraction of sp³-hybridized carbons (Fsp3) is 0.654. The van der Waals surface area contributed by atoms with Crippen molar-refractivity contribution >= 4 is 17.7 Å². The number of ether oxygens (including phenoxy) is 4. The topological polar surface area (TPSA) is 88.1 Å². The molecule has 1 aromatic carbocycles. The highest BCUT2D eigenvalue weighted by atomic mass is 16.6. The minimum absolute atomic E-state index is 0.126. The number of esters is 2. The second kappa shape index (κ2) is 13.9. The maximum atomic E-state index is 12.3. The lowest BCUT2D eigenvalue weighted by Gasteiger charge is -2.16. The standard InChI is InChI=1S/C26H38O7/c1-18(27)14-15-20(32-19(2)28)12-10-8-6-5-7-9-11-13-23-22-16-21(30-3)17-24(31-4)25(22)26(29)33-23/h16-17,20,23H,5-15H2,1-4H3/t20-,23+/m1/s1. The number of fused-ring (bicyclic) bond motifs is 1. The van der Waals surface area contributed by atoms with E-state index >= 15 is 0 Å². The van der Waals surface area contributed by atoms with E-state index in [0.717, 1.165) is 63.4 Å². The Hall–Kier alpha value is -2.57. The summed E-state index contributed by atoms with van der Waals surface area (Å²) in [4.78, 5) is 34.7. The summed E-state index contributed by atoms with van der Waals surface area (Å²) in [6.07, 6.45) is 9.83. The van der Waals surface area contributed by atoms with Gasteiger partial charge in [0.05, 0.1) is 14.2 Å². The molecule has 0 fully saturated rings. The Bertz CT molecular complexity index is 802. The van der Waals surface area contributed by atoms with Crippen molar-refractivity contribution in [3.8, 4) is 11.5 Å². The zero-order valence-corrected chi connectivity index (χ0v) is 20.4. The monoisotopic (exact) mass is 462 g/mol. The van der Waals surface area contributed by atoms with Crippen molar-refractivity contribution in [3.63, 3.8) is 0 Å². The number of hydrogen-bond donors (Lipinski definition) is 0. The molecule has 0 bridgehead atoms. The van der Waals surface area contributed by atoms with Crippen LogP contribution >= 0.6 is 0 Å². The van der Waals surface area contributed by atoms with Crippen LogP contribution in [0.4, 0.5) is 0 Å². The molecule has 2 rings (SSSR count). The summed E-state index contributed by atoms with van der Waals surface area (Å²) in [5, 5.41) is 0. The van der Waals surface area contributed by atoms with Gasteiger partial charge in [0, 0.05) is 25.0 Å². The lowest BCUT2D eigenvalue weighted by molar-refractivity contribution is -0.147. The molecule has 0 saturated carbocycles. The van der Waals surface area contributed by atoms with Gasteiger partial charge >= 0.3 is 11.9 Å². The van der Waals surface area contributed by atoms with Crippen LogP contribution in [0.25, 0.3) is 0 Å². The summed E-state index contributed by atoms with van der Waals surface area (Å²) in [5.41, 5.74) is 1.36. The zero-order valence-electron chi connectivity index (χ0n) is 20.4. The van der Waals surface area contributed by atoms with Crippen LogP contribution in [0.3, 0.4) is 0 Å². The van der Waals surface area contributed by atoms with Crippen molar-refractivity contribution < 1.29 is 33.3 Å². The predicted octanol–water partition coefficient (Wildman–Crippen LogP) is 5.73. The van der Waals surface area contributed by atoms with Gasteiger partial charge in [0.15, 0.2) is 0 Å². The summed E-state index contributed by atoms with van der Waals surface area (Å²) in [6.45, 7) is 2.98. The fourth-order valence-corrected chi connectivity index (χ4v) is 4.27. The first-order chi connectivity index (χ1) is 15.8. The van der Waals surface area contributed by atoms with E-state index in [1.165, 1.54) is 14.0 Å². The van der Waals surface area contributed by atoms with E-state index in [0.29, 0.717) is 29.9 Å². The number of ketones is 1. The van der Waals surface area contributed by atoms with Crippen LogP contribution in [0.5, 0.6) is 11.5 Å². The third kappa shape index (κ3) is 8.71. The molecule has 1 heterocycles. The first-order valence-electron chi connectivity index (χ1n) is 12.0. The van der Waals surface area contributed by atoms with E-state index in [1.54, 1.807) is 20.1 Å². The lowest BCUT2D eigenvalue weighted by Crippen LogP contribution is -2.17. The Morgan fingerprint density at radius 1 is 0.939 bits per heavy atom. The average Bonchev–Trinajstić information content (AvgIpc) is 3.10. The Morgan fingerprint density at radius 3 is 2.21 bits per heavy atom. The van der Waals surface area contributed by atoms with Crippen LogP contribution in [0.1, 0.15) is 107 Å². The number of unbranched alkanes of at least 4 members (excludes halogenated alkanes) is 6. The summed E-state index contributed by atoms with van der Waals surface area (Å²) < 4.78 is 21.6. The van der Waals surface area contributed by atoms with Crippen LogP contribution in [-0.2, 0) is 19.1 Å². The number of hydrogen-bond acceptors (Lipinski definition) is 7. The van der Waals surface area contributed by atoms with Gasteiger partial charge in [0.2, 0.25) is 0 Å². The molecule has 0 saturated heterocycles. The van der Waals surface area contributed by atoms with Crippen molar-refractivity contribution in [1.82, 2.24) is 0 Å². The molecule has 7 heteroatoms. The van der Waals surface area contributed by atoms with Gasteiger partial charge in [-0.05, 0) is 45.1 Å². The molecule has 0 unspecified atom stereocenters. The number of carbonyl (C=O) groups is 3. The highest BCUT2D eigenvalue weighted by Gasteiger charge is 2.34. The van der Waals surface area contributed by atoms with E-state index in [-0.39, 0.29) is 29.9 Å². The van der Waals surface area contributed by atoms with Gasteiger partial charge in [-0.25, -0.2) is 4.79 Å². The summed E-state index contributed by atoms with van der Waals surface area (Å²) in [6, 6.07) is 3.58. The van der Waals surface area contributed by atoms with Gasteiger partial charge in [0.25, 0.3) is 0 Å². The molecule has 184 valence electrons. The van der Waals surface area contributed by atoms with Crippen molar-refractivity contribution in [3.05, 3.63) is 23.3 Å². The Labute approximate surface area is 197 Å². The van der Waals surface area contributed by atoms with Gasteiger partial charge in [-0.1, -0.05) is 32.1 Å². The molecule has 0 N–H and O–H groups in total. The molecule has 7 nitrogen and oxygen atoms in total. The van der Waals surface area contributed by atoms with Crippen LogP contribution in [-0.4, -0.2) is 38.0 Å². The van der Waals surface area contributed by atoms with Crippen molar-refractivity contribution in [2.75, 3.05) is 14.2 Å². The zero-order chi connectivity index (χ0) is 24.2. The van der Waals surface area contributed by atoms with Gasteiger partial charge in [-0.15, -0.1) is 0 Å². The molecule has 0 aromatic heterocycles. The van der Waals surface area contributed by atoms with E-state index in [4.69, 9.17) is 18.9 Å². The second-order valence-electron chi connectivity index (χ2n) is 8.71. The SMILES string of the molecule is COc1cc(OC)c2c(c1)[C@H](CCCCCCCCC[C@H](CCC(C)=O)OC(C)=O)OC2=O. The third-order valence-corrected chi connectivity index (χ3v) is 6.01. The van der Waals surface area contributed by atoms with Crippen LogP contribution < -0.4 is 9.47 Å². The highest BCUT2D eigenvalue weighted by molar-refractivity contribution is 5.97. The minimum Gasteiger partial charge on any atom is -0.497 e. The number of cyclic esters (lactones) is 1. The summed E-state index contributed by atoms with van der Waals surface area (Å²) in [5.74, 6) is 0.669. The van der Waals surface area contributed by atoms with E-state index in [2.05, 4.69) is 0 Å². The van der Waals surface area contributed by atoms with Crippen molar-refractivity contribution in [2.45, 2.75) is 96.7 Å². The largest absolute Gasteiger partial charge is 0.497 e. The first-order valence-corrected chi connectivity index (χ1v) is 12.0. The molecule has 33 heavy (non-hydrogen) atoms. The molecular formula is C26H38O7. The molecule has 1 aromatic rings. The maximum Gasteiger partial charge on any atom is 0.342 e. The number of Topliss-reactive ketones (excluding diaryl/α,β-unsaturated/α-hetero) is 1. The molecular weight excluding hydrogens is 424 g/mol. The second-order valence-corrected chi connectivity index (χ2v) is 8.71. The van der Waals surface area contributed by atoms with Crippen LogP contribution in [0, 0.1) is 0 Å². The smallest absolute Gasteiger partial charge is 0.342 e. The lowest BCUT2D eigenvalue weighted by atomic mass is 9.98. The third-order valence-electron chi connectivity index (χ3n) is 6.01. The number of benzene rings is 1.